The lowest BCUT2D eigenvalue weighted by Crippen LogP contribution is -2.28. The van der Waals surface area contributed by atoms with Crippen molar-refractivity contribution in [3.05, 3.63) is 87.3 Å². The Morgan fingerprint density at radius 3 is 2.53 bits per heavy atom. The van der Waals surface area contributed by atoms with E-state index in [0.29, 0.717) is 5.75 Å². The molecule has 10 heteroatoms. The monoisotopic (exact) mass is 437 g/mol. The highest BCUT2D eigenvalue weighted by Crippen LogP contribution is 2.36. The molecule has 0 atom stereocenters. The van der Waals surface area contributed by atoms with Gasteiger partial charge in [0.05, 0.1) is 17.1 Å². The van der Waals surface area contributed by atoms with Crippen LogP contribution in [0.4, 0.5) is 18.9 Å². The van der Waals surface area contributed by atoms with Crippen molar-refractivity contribution in [2.24, 2.45) is 0 Å². The van der Waals surface area contributed by atoms with Crippen LogP contribution in [0.2, 0.25) is 5.02 Å². The largest absolute Gasteiger partial charge is 0.492 e. The van der Waals surface area contributed by atoms with E-state index in [4.69, 9.17) is 16.3 Å². The van der Waals surface area contributed by atoms with Gasteiger partial charge in [-0.2, -0.15) is 18.3 Å². The number of benzene rings is 2. The Kier molecular flexibility index (Phi) is 6.41. The maximum absolute atomic E-state index is 13.0. The number of amides is 1. The van der Waals surface area contributed by atoms with E-state index in [9.17, 15) is 22.8 Å². The molecule has 0 aliphatic heterocycles. The number of hydrogen-bond donors (Lipinski definition) is 1. The van der Waals surface area contributed by atoms with Gasteiger partial charge in [0.2, 0.25) is 0 Å². The fraction of sp³-hybridized carbons (Fsp3) is 0.150. The normalized spacial score (nSPS) is 11.2. The molecule has 0 bridgehead atoms. The number of nitrogens with zero attached hydrogens (tertiary/aromatic N) is 2. The Hall–Kier alpha value is -3.33. The predicted molar refractivity (Wildman–Crippen MR) is 105 cm³/mol. The van der Waals surface area contributed by atoms with Gasteiger partial charge in [-0.05, 0) is 36.4 Å². The van der Waals surface area contributed by atoms with Crippen LogP contribution < -0.4 is 15.6 Å². The Bertz CT molecular complexity index is 1100. The molecule has 6 nitrogen and oxygen atoms in total. The maximum atomic E-state index is 13.0. The third-order valence-electron chi connectivity index (χ3n) is 3.94. The molecule has 0 fully saturated rings. The van der Waals surface area contributed by atoms with E-state index >= 15 is 0 Å². The SMILES string of the molecule is O=C(Nc1ccc(Cl)c(C(F)(F)F)c1)c1ccc(=O)n(CCOc2ccccc2)n1. The molecule has 0 radical (unpaired) electrons. The van der Waals surface area contributed by atoms with Crippen molar-refractivity contribution in [2.45, 2.75) is 12.7 Å². The molecule has 0 spiro atoms. The van der Waals surface area contributed by atoms with Crippen LogP contribution in [0.3, 0.4) is 0 Å². The summed E-state index contributed by atoms with van der Waals surface area (Å²) in [5, 5.41) is 5.79. The quantitative estimate of drug-likeness (QED) is 0.626. The summed E-state index contributed by atoms with van der Waals surface area (Å²) in [6.45, 7) is 0.210. The summed E-state index contributed by atoms with van der Waals surface area (Å²) < 4.78 is 45.4. The second-order valence-electron chi connectivity index (χ2n) is 6.09. The van der Waals surface area contributed by atoms with Gasteiger partial charge in [0.15, 0.2) is 0 Å². The molecule has 0 aliphatic carbocycles. The summed E-state index contributed by atoms with van der Waals surface area (Å²) in [5.74, 6) is -0.161. The van der Waals surface area contributed by atoms with Crippen LogP contribution in [-0.4, -0.2) is 22.3 Å². The number of rotatable bonds is 6. The topological polar surface area (TPSA) is 73.2 Å². The lowest BCUT2D eigenvalue weighted by molar-refractivity contribution is -0.137. The minimum Gasteiger partial charge on any atom is -0.492 e. The van der Waals surface area contributed by atoms with Gasteiger partial charge in [-0.15, -0.1) is 0 Å². The van der Waals surface area contributed by atoms with E-state index in [1.54, 1.807) is 24.3 Å². The highest BCUT2D eigenvalue weighted by molar-refractivity contribution is 6.31. The fourth-order valence-electron chi connectivity index (χ4n) is 2.51. The number of nitrogens with one attached hydrogen (secondary N) is 1. The molecule has 30 heavy (non-hydrogen) atoms. The van der Waals surface area contributed by atoms with Crippen molar-refractivity contribution in [3.8, 4) is 5.75 Å². The average molecular weight is 438 g/mol. The summed E-state index contributed by atoms with van der Waals surface area (Å²) in [6, 6.07) is 14.3. The summed E-state index contributed by atoms with van der Waals surface area (Å²) in [7, 11) is 0. The number of ether oxygens (including phenoxy) is 1. The zero-order chi connectivity index (χ0) is 21.7. The van der Waals surface area contributed by atoms with Crippen molar-refractivity contribution in [1.29, 1.82) is 0 Å². The molecule has 1 aromatic heterocycles. The number of carbonyl (C=O) groups excluding carboxylic acids is 1. The van der Waals surface area contributed by atoms with E-state index in [1.807, 2.05) is 6.07 Å². The molecule has 0 saturated heterocycles. The summed E-state index contributed by atoms with van der Waals surface area (Å²) in [6.07, 6.45) is -4.66. The van der Waals surface area contributed by atoms with Gasteiger partial charge in [0.1, 0.15) is 18.1 Å². The van der Waals surface area contributed by atoms with Gasteiger partial charge in [0, 0.05) is 11.8 Å². The van der Waals surface area contributed by atoms with Crippen LogP contribution in [0.15, 0.2) is 65.5 Å². The lowest BCUT2D eigenvalue weighted by atomic mass is 10.2. The summed E-state index contributed by atoms with van der Waals surface area (Å²) in [5.41, 5.74) is -1.77. The van der Waals surface area contributed by atoms with Crippen LogP contribution in [-0.2, 0) is 12.7 Å². The molecule has 1 heterocycles. The van der Waals surface area contributed by atoms with Crippen molar-refractivity contribution >= 4 is 23.2 Å². The van der Waals surface area contributed by atoms with Gasteiger partial charge in [-0.1, -0.05) is 29.8 Å². The number of anilines is 1. The zero-order valence-corrected chi connectivity index (χ0v) is 16.1. The molecule has 0 unspecified atom stereocenters. The van der Waals surface area contributed by atoms with E-state index in [0.717, 1.165) is 22.9 Å². The fourth-order valence-corrected chi connectivity index (χ4v) is 2.74. The minimum atomic E-state index is -4.66. The Morgan fingerprint density at radius 1 is 1.10 bits per heavy atom. The molecular weight excluding hydrogens is 423 g/mol. The number of alkyl halides is 3. The molecule has 156 valence electrons. The molecule has 1 N–H and O–H groups in total. The second-order valence-corrected chi connectivity index (χ2v) is 6.50. The minimum absolute atomic E-state index is 0.0774. The molecule has 3 rings (SSSR count). The van der Waals surface area contributed by atoms with E-state index < -0.39 is 28.2 Å². The molecule has 3 aromatic rings. The highest BCUT2D eigenvalue weighted by Gasteiger charge is 2.33. The first-order valence-electron chi connectivity index (χ1n) is 8.68. The zero-order valence-electron chi connectivity index (χ0n) is 15.3. The first-order chi connectivity index (χ1) is 14.2. The van der Waals surface area contributed by atoms with Crippen LogP contribution in [0.1, 0.15) is 16.1 Å². The standard InChI is InChI=1S/C20H15ClF3N3O3/c21-16-7-6-13(12-15(16)20(22,23)24)25-19(29)17-8-9-18(28)27(26-17)10-11-30-14-4-2-1-3-5-14/h1-9,12H,10-11H2,(H,25,29). The van der Waals surface area contributed by atoms with E-state index in [-0.39, 0.29) is 24.5 Å². The van der Waals surface area contributed by atoms with Crippen molar-refractivity contribution < 1.29 is 22.7 Å². The third-order valence-corrected chi connectivity index (χ3v) is 4.27. The Morgan fingerprint density at radius 2 is 1.83 bits per heavy atom. The Labute approximate surface area is 173 Å². The van der Waals surface area contributed by atoms with Gasteiger partial charge in [0.25, 0.3) is 11.5 Å². The van der Waals surface area contributed by atoms with Crippen molar-refractivity contribution in [3.63, 3.8) is 0 Å². The van der Waals surface area contributed by atoms with Crippen LogP contribution in [0.25, 0.3) is 0 Å². The number of halogens is 4. The number of para-hydroxylation sites is 1. The summed E-state index contributed by atoms with van der Waals surface area (Å²) >= 11 is 5.57. The van der Waals surface area contributed by atoms with Crippen molar-refractivity contribution in [1.82, 2.24) is 9.78 Å². The third kappa shape index (κ3) is 5.38. The highest BCUT2D eigenvalue weighted by atomic mass is 35.5. The van der Waals surface area contributed by atoms with Gasteiger partial charge in [-0.3, -0.25) is 9.59 Å². The smallest absolute Gasteiger partial charge is 0.417 e. The molecule has 1 amide bonds. The predicted octanol–water partition coefficient (Wildman–Crippen LogP) is 4.25. The molecule has 0 aliphatic rings. The maximum Gasteiger partial charge on any atom is 0.417 e. The summed E-state index contributed by atoms with van der Waals surface area (Å²) in [4.78, 5) is 24.3. The Balaban J connectivity index is 1.71. The van der Waals surface area contributed by atoms with Gasteiger partial charge in [-0.25, -0.2) is 4.68 Å². The van der Waals surface area contributed by atoms with Gasteiger partial charge < -0.3 is 10.1 Å². The van der Waals surface area contributed by atoms with Crippen LogP contribution >= 0.6 is 11.6 Å². The molecule has 2 aromatic carbocycles. The molecular formula is C20H15ClF3N3O3. The number of aromatic nitrogens is 2. The van der Waals surface area contributed by atoms with E-state index in [2.05, 4.69) is 10.4 Å². The number of carbonyl (C=O) groups is 1. The number of hydrogen-bond acceptors (Lipinski definition) is 4. The van der Waals surface area contributed by atoms with Crippen LogP contribution in [0, 0.1) is 0 Å². The first kappa shape index (κ1) is 21.4. The first-order valence-corrected chi connectivity index (χ1v) is 9.06. The van der Waals surface area contributed by atoms with Gasteiger partial charge >= 0.3 is 6.18 Å². The van der Waals surface area contributed by atoms with Crippen LogP contribution in [0.5, 0.6) is 5.75 Å². The molecule has 0 saturated carbocycles. The van der Waals surface area contributed by atoms with Crippen molar-refractivity contribution in [2.75, 3.05) is 11.9 Å². The van der Waals surface area contributed by atoms with E-state index in [1.165, 1.54) is 12.1 Å². The lowest BCUT2D eigenvalue weighted by Gasteiger charge is -2.12. The average Bonchev–Trinajstić information content (AvgIpc) is 2.70. The second kappa shape index (κ2) is 9.00.